The van der Waals surface area contributed by atoms with Gasteiger partial charge in [0.15, 0.2) is 0 Å². The molecule has 0 spiro atoms. The van der Waals surface area contributed by atoms with Gasteiger partial charge in [-0.25, -0.2) is 0 Å². The summed E-state index contributed by atoms with van der Waals surface area (Å²) in [5.74, 6) is -0.000468. The van der Waals surface area contributed by atoms with E-state index < -0.39 is 0 Å². The number of phenols is 2. The van der Waals surface area contributed by atoms with Gasteiger partial charge in [-0.1, -0.05) is 23.7 Å². The lowest BCUT2D eigenvalue weighted by atomic mass is 10.1. The molecule has 4 nitrogen and oxygen atoms in total. The molecule has 19 heavy (non-hydrogen) atoms. The third-order valence-electron chi connectivity index (χ3n) is 3.05. The van der Waals surface area contributed by atoms with Crippen molar-refractivity contribution in [1.82, 2.24) is 9.78 Å². The summed E-state index contributed by atoms with van der Waals surface area (Å²) in [4.78, 5) is 0. The van der Waals surface area contributed by atoms with E-state index in [1.807, 2.05) is 12.1 Å². The highest BCUT2D eigenvalue weighted by atomic mass is 35.5. The zero-order valence-corrected chi connectivity index (χ0v) is 10.9. The van der Waals surface area contributed by atoms with Gasteiger partial charge in [-0.05, 0) is 18.2 Å². The largest absolute Gasteiger partial charge is 0.508 e. The molecule has 0 amide bonds. The van der Waals surface area contributed by atoms with Crippen LogP contribution in [0.25, 0.3) is 22.2 Å². The van der Waals surface area contributed by atoms with E-state index in [4.69, 9.17) is 11.6 Å². The van der Waals surface area contributed by atoms with E-state index in [9.17, 15) is 10.2 Å². The van der Waals surface area contributed by atoms with Crippen molar-refractivity contribution in [3.63, 3.8) is 0 Å². The van der Waals surface area contributed by atoms with Crippen molar-refractivity contribution in [2.45, 2.75) is 0 Å². The molecule has 0 aliphatic carbocycles. The molecule has 1 heterocycles. The predicted octanol–water partition coefficient (Wildman–Crippen LogP) is 3.30. The van der Waals surface area contributed by atoms with E-state index in [2.05, 4.69) is 5.10 Å². The second kappa shape index (κ2) is 4.17. The summed E-state index contributed by atoms with van der Waals surface area (Å²) in [5.41, 5.74) is 2.01. The van der Waals surface area contributed by atoms with Gasteiger partial charge >= 0.3 is 0 Å². The van der Waals surface area contributed by atoms with Crippen molar-refractivity contribution >= 4 is 22.5 Å². The van der Waals surface area contributed by atoms with Crippen LogP contribution in [0.4, 0.5) is 0 Å². The molecule has 0 fully saturated rings. The van der Waals surface area contributed by atoms with Crippen molar-refractivity contribution < 1.29 is 10.2 Å². The highest BCUT2D eigenvalue weighted by molar-refractivity contribution is 6.35. The van der Waals surface area contributed by atoms with Crippen LogP contribution in [0.3, 0.4) is 0 Å². The van der Waals surface area contributed by atoms with Crippen LogP contribution in [0.1, 0.15) is 0 Å². The van der Waals surface area contributed by atoms with Gasteiger partial charge in [0.25, 0.3) is 0 Å². The van der Waals surface area contributed by atoms with Gasteiger partial charge in [0.05, 0.1) is 10.5 Å². The van der Waals surface area contributed by atoms with Crippen LogP contribution in [-0.4, -0.2) is 20.0 Å². The standard InChI is InChI=1S/C14H11ClN2O2/c1-17-14-10(3-2-4-11(14)15)13(16-17)9-6-5-8(18)7-12(9)19/h2-7,18-19H,1H3. The number of hydrogen-bond acceptors (Lipinski definition) is 3. The maximum atomic E-state index is 9.94. The van der Waals surface area contributed by atoms with Crippen LogP contribution in [-0.2, 0) is 7.05 Å². The van der Waals surface area contributed by atoms with Crippen molar-refractivity contribution in [2.24, 2.45) is 7.05 Å². The SMILES string of the molecule is Cn1nc(-c2ccc(O)cc2O)c2cccc(Cl)c21. The zero-order chi connectivity index (χ0) is 13.6. The monoisotopic (exact) mass is 274 g/mol. The summed E-state index contributed by atoms with van der Waals surface area (Å²) in [6.07, 6.45) is 0. The highest BCUT2D eigenvalue weighted by Gasteiger charge is 2.15. The number of hydrogen-bond donors (Lipinski definition) is 2. The second-order valence-corrected chi connectivity index (χ2v) is 4.72. The molecule has 96 valence electrons. The van der Waals surface area contributed by atoms with Crippen molar-refractivity contribution in [1.29, 1.82) is 0 Å². The first-order valence-corrected chi connectivity index (χ1v) is 6.09. The number of phenolic OH excluding ortho intramolecular Hbond substituents is 2. The molecule has 1 aromatic heterocycles. The minimum absolute atomic E-state index is 0.0134. The van der Waals surface area contributed by atoms with E-state index in [1.54, 1.807) is 23.9 Å². The number of rotatable bonds is 1. The minimum atomic E-state index is -0.0139. The Bertz CT molecular complexity index is 780. The molecule has 0 saturated heterocycles. The number of aromatic hydroxyl groups is 2. The maximum Gasteiger partial charge on any atom is 0.128 e. The molecule has 0 radical (unpaired) electrons. The third kappa shape index (κ3) is 1.81. The Kier molecular flexibility index (Phi) is 2.61. The van der Waals surface area contributed by atoms with Gasteiger partial charge in [-0.2, -0.15) is 5.10 Å². The average molecular weight is 275 g/mol. The summed E-state index contributed by atoms with van der Waals surface area (Å²) in [6, 6.07) is 9.98. The Morgan fingerprint density at radius 2 is 1.95 bits per heavy atom. The van der Waals surface area contributed by atoms with Gasteiger partial charge in [0, 0.05) is 24.1 Å². The van der Waals surface area contributed by atoms with Crippen LogP contribution in [0, 0.1) is 0 Å². The normalized spacial score (nSPS) is 11.1. The quantitative estimate of drug-likeness (QED) is 0.716. The Balaban J connectivity index is 2.35. The Labute approximate surface area is 114 Å². The summed E-state index contributed by atoms with van der Waals surface area (Å²) in [5, 5.41) is 25.1. The minimum Gasteiger partial charge on any atom is -0.508 e. The van der Waals surface area contributed by atoms with E-state index in [-0.39, 0.29) is 11.5 Å². The van der Waals surface area contributed by atoms with Crippen LogP contribution < -0.4 is 0 Å². The smallest absolute Gasteiger partial charge is 0.128 e. The summed E-state index contributed by atoms with van der Waals surface area (Å²) in [6.45, 7) is 0. The van der Waals surface area contributed by atoms with Crippen LogP contribution in [0.2, 0.25) is 5.02 Å². The number of fused-ring (bicyclic) bond motifs is 1. The molecular weight excluding hydrogens is 264 g/mol. The van der Waals surface area contributed by atoms with Gasteiger partial charge in [0.1, 0.15) is 17.2 Å². The fourth-order valence-electron chi connectivity index (χ4n) is 2.21. The number of aromatic nitrogens is 2. The van der Waals surface area contributed by atoms with E-state index in [1.165, 1.54) is 12.1 Å². The first-order valence-electron chi connectivity index (χ1n) is 5.71. The molecule has 0 atom stereocenters. The molecule has 3 aromatic rings. The number of para-hydroxylation sites is 1. The first kappa shape index (κ1) is 11.9. The Hall–Kier alpha value is -2.20. The van der Waals surface area contributed by atoms with E-state index in [0.29, 0.717) is 16.3 Å². The van der Waals surface area contributed by atoms with Crippen molar-refractivity contribution in [2.75, 3.05) is 0 Å². The number of halogens is 1. The van der Waals surface area contributed by atoms with Crippen LogP contribution in [0.5, 0.6) is 11.5 Å². The molecular formula is C14H11ClN2O2. The van der Waals surface area contributed by atoms with Gasteiger partial charge in [0.2, 0.25) is 0 Å². The molecule has 0 aliphatic rings. The van der Waals surface area contributed by atoms with Gasteiger partial charge < -0.3 is 10.2 Å². The third-order valence-corrected chi connectivity index (χ3v) is 3.36. The van der Waals surface area contributed by atoms with Crippen molar-refractivity contribution in [3.05, 3.63) is 41.4 Å². The van der Waals surface area contributed by atoms with Gasteiger partial charge in [-0.3, -0.25) is 4.68 Å². The van der Waals surface area contributed by atoms with E-state index in [0.717, 1.165) is 10.9 Å². The molecule has 3 rings (SSSR count). The molecule has 0 aliphatic heterocycles. The first-order chi connectivity index (χ1) is 9.08. The predicted molar refractivity (Wildman–Crippen MR) is 74.5 cm³/mol. The molecule has 5 heteroatoms. The van der Waals surface area contributed by atoms with Crippen LogP contribution >= 0.6 is 11.6 Å². The lowest BCUT2D eigenvalue weighted by Crippen LogP contribution is -1.90. The molecule has 0 unspecified atom stereocenters. The zero-order valence-electron chi connectivity index (χ0n) is 10.1. The average Bonchev–Trinajstić information content (AvgIpc) is 2.68. The molecule has 0 bridgehead atoms. The highest BCUT2D eigenvalue weighted by Crippen LogP contribution is 2.37. The number of benzene rings is 2. The van der Waals surface area contributed by atoms with Crippen LogP contribution in [0.15, 0.2) is 36.4 Å². The Morgan fingerprint density at radius 1 is 1.16 bits per heavy atom. The fraction of sp³-hybridized carbons (Fsp3) is 0.0714. The summed E-state index contributed by atoms with van der Waals surface area (Å²) < 4.78 is 1.68. The topological polar surface area (TPSA) is 58.3 Å². The summed E-state index contributed by atoms with van der Waals surface area (Å²) >= 11 is 6.16. The number of aryl methyl sites for hydroxylation is 1. The number of nitrogens with zero attached hydrogens (tertiary/aromatic N) is 2. The Morgan fingerprint density at radius 3 is 2.68 bits per heavy atom. The molecule has 0 saturated carbocycles. The second-order valence-electron chi connectivity index (χ2n) is 4.31. The maximum absolute atomic E-state index is 9.94. The summed E-state index contributed by atoms with van der Waals surface area (Å²) in [7, 11) is 1.80. The van der Waals surface area contributed by atoms with Crippen molar-refractivity contribution in [3.8, 4) is 22.8 Å². The molecule has 2 aromatic carbocycles. The fourth-order valence-corrected chi connectivity index (χ4v) is 2.51. The van der Waals surface area contributed by atoms with Gasteiger partial charge in [-0.15, -0.1) is 0 Å². The molecule has 2 N–H and O–H groups in total. The lowest BCUT2D eigenvalue weighted by Gasteiger charge is -2.02. The lowest BCUT2D eigenvalue weighted by molar-refractivity contribution is 0.451. The van der Waals surface area contributed by atoms with E-state index >= 15 is 0 Å².